The molecule has 0 spiro atoms. The quantitative estimate of drug-likeness (QED) is 0.774. The van der Waals surface area contributed by atoms with Crippen molar-refractivity contribution in [3.8, 4) is 0 Å². The lowest BCUT2D eigenvalue weighted by Gasteiger charge is -2.20. The Balaban J connectivity index is 2.28. The minimum Gasteiger partial charge on any atom is -0.376 e. The normalized spacial score (nSPS) is 12.2. The van der Waals surface area contributed by atoms with Crippen molar-refractivity contribution in [2.45, 2.75) is 13.0 Å². The van der Waals surface area contributed by atoms with Gasteiger partial charge in [0.25, 0.3) is 0 Å². The minimum absolute atomic E-state index is 0.0787. The second-order valence-corrected chi connectivity index (χ2v) is 6.30. The first-order valence-electron chi connectivity index (χ1n) is 6.19. The first kappa shape index (κ1) is 15.5. The van der Waals surface area contributed by atoms with E-state index in [4.69, 9.17) is 5.73 Å². The third-order valence-corrected chi connectivity index (χ3v) is 4.33. The second kappa shape index (κ2) is 6.70. The number of hydrogen-bond donors (Lipinski definition) is 2. The van der Waals surface area contributed by atoms with Crippen molar-refractivity contribution in [1.82, 2.24) is 0 Å². The van der Waals surface area contributed by atoms with E-state index in [9.17, 15) is 4.39 Å². The van der Waals surface area contributed by atoms with Crippen LogP contribution >= 0.6 is 31.9 Å². The monoisotopic (exact) mass is 400 g/mol. The maximum absolute atomic E-state index is 13.3. The van der Waals surface area contributed by atoms with E-state index in [-0.39, 0.29) is 11.9 Å². The van der Waals surface area contributed by atoms with Crippen molar-refractivity contribution >= 4 is 37.5 Å². The third-order valence-electron chi connectivity index (χ3n) is 3.03. The molecule has 5 heteroatoms. The fraction of sp³-hybridized carbons (Fsp3) is 0.200. The summed E-state index contributed by atoms with van der Waals surface area (Å²) in [5.74, 6) is -0.277. The van der Waals surface area contributed by atoms with Gasteiger partial charge in [-0.25, -0.2) is 4.39 Å². The SMILES string of the molecule is Cc1ccc(Br)c(NC(CN)c2ccc(F)c(Br)c2)c1. The van der Waals surface area contributed by atoms with Gasteiger partial charge in [-0.1, -0.05) is 12.1 Å². The first-order chi connectivity index (χ1) is 9.51. The van der Waals surface area contributed by atoms with Gasteiger partial charge in [-0.05, 0) is 74.2 Å². The first-order valence-corrected chi connectivity index (χ1v) is 7.77. The molecular formula is C15H15Br2FN2. The molecule has 106 valence electrons. The van der Waals surface area contributed by atoms with Crippen molar-refractivity contribution in [1.29, 1.82) is 0 Å². The summed E-state index contributed by atoms with van der Waals surface area (Å²) in [6.45, 7) is 2.45. The van der Waals surface area contributed by atoms with E-state index in [0.29, 0.717) is 11.0 Å². The number of rotatable bonds is 4. The van der Waals surface area contributed by atoms with Crippen molar-refractivity contribution in [3.63, 3.8) is 0 Å². The molecule has 0 bridgehead atoms. The van der Waals surface area contributed by atoms with Crippen molar-refractivity contribution in [2.24, 2.45) is 5.73 Å². The highest BCUT2D eigenvalue weighted by molar-refractivity contribution is 9.10. The van der Waals surface area contributed by atoms with Crippen LogP contribution in [-0.2, 0) is 0 Å². The fourth-order valence-corrected chi connectivity index (χ4v) is 2.70. The van der Waals surface area contributed by atoms with Gasteiger partial charge in [-0.3, -0.25) is 0 Å². The van der Waals surface area contributed by atoms with Crippen LogP contribution in [0.5, 0.6) is 0 Å². The van der Waals surface area contributed by atoms with Crippen LogP contribution in [0.15, 0.2) is 45.3 Å². The Morgan fingerprint density at radius 3 is 2.55 bits per heavy atom. The smallest absolute Gasteiger partial charge is 0.137 e. The van der Waals surface area contributed by atoms with Crippen LogP contribution < -0.4 is 11.1 Å². The molecule has 2 aromatic rings. The summed E-state index contributed by atoms with van der Waals surface area (Å²) in [5.41, 5.74) is 8.91. The Morgan fingerprint density at radius 1 is 1.15 bits per heavy atom. The average Bonchev–Trinajstić information content (AvgIpc) is 2.43. The molecule has 20 heavy (non-hydrogen) atoms. The van der Waals surface area contributed by atoms with Gasteiger partial charge in [0.05, 0.1) is 10.5 Å². The molecule has 0 aliphatic carbocycles. The van der Waals surface area contributed by atoms with Gasteiger partial charge in [0.2, 0.25) is 0 Å². The van der Waals surface area contributed by atoms with E-state index in [1.165, 1.54) is 6.07 Å². The highest BCUT2D eigenvalue weighted by Gasteiger charge is 2.13. The van der Waals surface area contributed by atoms with Crippen molar-refractivity contribution < 1.29 is 4.39 Å². The number of benzene rings is 2. The molecule has 0 aromatic heterocycles. The molecule has 2 rings (SSSR count). The Labute approximate surface area is 134 Å². The molecular weight excluding hydrogens is 387 g/mol. The van der Waals surface area contributed by atoms with Crippen LogP contribution in [-0.4, -0.2) is 6.54 Å². The molecule has 1 atom stereocenters. The number of aryl methyl sites for hydroxylation is 1. The summed E-state index contributed by atoms with van der Waals surface area (Å²) in [7, 11) is 0. The molecule has 0 heterocycles. The van der Waals surface area contributed by atoms with Crippen LogP contribution in [0, 0.1) is 12.7 Å². The second-order valence-electron chi connectivity index (χ2n) is 4.59. The van der Waals surface area contributed by atoms with Gasteiger partial charge in [0, 0.05) is 16.7 Å². The number of halogens is 3. The topological polar surface area (TPSA) is 38.0 Å². The van der Waals surface area contributed by atoms with Crippen molar-refractivity contribution in [2.75, 3.05) is 11.9 Å². The predicted molar refractivity (Wildman–Crippen MR) is 88.4 cm³/mol. The maximum atomic E-state index is 13.3. The molecule has 0 aliphatic heterocycles. The van der Waals surface area contributed by atoms with Crippen LogP contribution in [0.4, 0.5) is 10.1 Å². The van der Waals surface area contributed by atoms with Crippen LogP contribution in [0.2, 0.25) is 0 Å². The van der Waals surface area contributed by atoms with Gasteiger partial charge >= 0.3 is 0 Å². The summed E-state index contributed by atoms with van der Waals surface area (Å²) in [6.07, 6.45) is 0. The van der Waals surface area contributed by atoms with Crippen molar-refractivity contribution in [3.05, 3.63) is 62.3 Å². The van der Waals surface area contributed by atoms with E-state index in [1.807, 2.05) is 25.1 Å². The number of anilines is 1. The molecule has 0 saturated heterocycles. The highest BCUT2D eigenvalue weighted by Crippen LogP contribution is 2.28. The Hall–Kier alpha value is -0.910. The zero-order valence-corrected chi connectivity index (χ0v) is 14.1. The Morgan fingerprint density at radius 2 is 1.90 bits per heavy atom. The van der Waals surface area contributed by atoms with E-state index in [1.54, 1.807) is 12.1 Å². The summed E-state index contributed by atoms with van der Waals surface area (Å²) in [6, 6.07) is 10.9. The molecule has 0 amide bonds. The zero-order valence-electron chi connectivity index (χ0n) is 11.0. The Kier molecular flexibility index (Phi) is 5.18. The summed E-state index contributed by atoms with van der Waals surface area (Å²) in [5, 5.41) is 3.39. The lowest BCUT2D eigenvalue weighted by Crippen LogP contribution is -2.21. The zero-order chi connectivity index (χ0) is 14.7. The fourth-order valence-electron chi connectivity index (χ4n) is 1.94. The standard InChI is InChI=1S/C15H15Br2FN2/c1-9-2-4-11(16)14(6-9)20-15(8-19)10-3-5-13(18)12(17)7-10/h2-7,15,20H,8,19H2,1H3. The van der Waals surface area contributed by atoms with Gasteiger partial charge in [-0.15, -0.1) is 0 Å². The number of hydrogen-bond acceptors (Lipinski definition) is 2. The van der Waals surface area contributed by atoms with Gasteiger partial charge < -0.3 is 11.1 Å². The largest absolute Gasteiger partial charge is 0.376 e. The highest BCUT2D eigenvalue weighted by atomic mass is 79.9. The van der Waals surface area contributed by atoms with E-state index in [0.717, 1.165) is 21.3 Å². The lowest BCUT2D eigenvalue weighted by molar-refractivity contribution is 0.619. The minimum atomic E-state index is -0.277. The summed E-state index contributed by atoms with van der Waals surface area (Å²) < 4.78 is 14.7. The summed E-state index contributed by atoms with van der Waals surface area (Å²) in [4.78, 5) is 0. The number of nitrogens with two attached hydrogens (primary N) is 1. The molecule has 2 nitrogen and oxygen atoms in total. The average molecular weight is 402 g/mol. The maximum Gasteiger partial charge on any atom is 0.137 e. The molecule has 2 aromatic carbocycles. The molecule has 0 fully saturated rings. The molecule has 0 saturated carbocycles. The predicted octanol–water partition coefficient (Wildman–Crippen LogP) is 4.77. The van der Waals surface area contributed by atoms with Crippen LogP contribution in [0.3, 0.4) is 0 Å². The number of nitrogens with one attached hydrogen (secondary N) is 1. The lowest BCUT2D eigenvalue weighted by atomic mass is 10.1. The van der Waals surface area contributed by atoms with Crippen LogP contribution in [0.25, 0.3) is 0 Å². The van der Waals surface area contributed by atoms with E-state index in [2.05, 4.69) is 37.2 Å². The Bertz CT molecular complexity index is 617. The van der Waals surface area contributed by atoms with Gasteiger partial charge in [0.1, 0.15) is 5.82 Å². The van der Waals surface area contributed by atoms with Gasteiger partial charge in [-0.2, -0.15) is 0 Å². The summed E-state index contributed by atoms with van der Waals surface area (Å²) >= 11 is 6.72. The van der Waals surface area contributed by atoms with Crippen LogP contribution in [0.1, 0.15) is 17.2 Å². The van der Waals surface area contributed by atoms with E-state index < -0.39 is 0 Å². The molecule has 1 unspecified atom stereocenters. The molecule has 3 N–H and O–H groups in total. The molecule has 0 radical (unpaired) electrons. The van der Waals surface area contributed by atoms with E-state index >= 15 is 0 Å². The third kappa shape index (κ3) is 3.59. The molecule has 0 aliphatic rings. The van der Waals surface area contributed by atoms with Gasteiger partial charge in [0.15, 0.2) is 0 Å².